The number of allylic oxidation sites excluding steroid dienone is 1. The van der Waals surface area contributed by atoms with E-state index in [9.17, 15) is 0 Å². The van der Waals surface area contributed by atoms with E-state index >= 15 is 0 Å². The maximum absolute atomic E-state index is 2.57. The first-order chi connectivity index (χ1) is 13.9. The molecule has 1 aromatic heterocycles. The zero-order chi connectivity index (χ0) is 18.2. The van der Waals surface area contributed by atoms with E-state index in [4.69, 9.17) is 0 Å². The van der Waals surface area contributed by atoms with Gasteiger partial charge in [0, 0.05) is 38.6 Å². The van der Waals surface area contributed by atoms with E-state index in [1.54, 1.807) is 0 Å². The van der Waals surface area contributed by atoms with Crippen molar-refractivity contribution in [3.63, 3.8) is 0 Å². The number of hydrogen-bond donors (Lipinski definition) is 0. The maximum atomic E-state index is 2.57. The van der Waals surface area contributed by atoms with Gasteiger partial charge in [-0.3, -0.25) is 0 Å². The number of fused-ring (bicyclic) bond motifs is 7. The highest BCUT2D eigenvalue weighted by Crippen LogP contribution is 2.49. The Morgan fingerprint density at radius 2 is 1.46 bits per heavy atom. The Bertz CT molecular complexity index is 1420. The summed E-state index contributed by atoms with van der Waals surface area (Å²) in [7, 11) is 0. The van der Waals surface area contributed by atoms with Crippen LogP contribution < -0.4 is 15.6 Å². The second-order valence-electron chi connectivity index (χ2n) is 7.77. The molecule has 0 amide bonds. The number of aromatic nitrogens is 1. The molecule has 2 unspecified atom stereocenters. The van der Waals surface area contributed by atoms with E-state index in [1.165, 1.54) is 44.0 Å². The summed E-state index contributed by atoms with van der Waals surface area (Å²) in [6.45, 7) is 0. The molecule has 2 nitrogen and oxygen atoms in total. The fraction of sp³-hybridized carbons (Fsp3) is 0.0769. The summed E-state index contributed by atoms with van der Waals surface area (Å²) in [5, 5.41) is 5.45. The van der Waals surface area contributed by atoms with Gasteiger partial charge in [-0.25, -0.2) is 0 Å². The topological polar surface area (TPSA) is 8.17 Å². The van der Waals surface area contributed by atoms with Gasteiger partial charge >= 0.3 is 0 Å². The lowest BCUT2D eigenvalue weighted by atomic mass is 9.96. The predicted molar refractivity (Wildman–Crippen MR) is 115 cm³/mol. The van der Waals surface area contributed by atoms with E-state index in [0.717, 1.165) is 0 Å². The summed E-state index contributed by atoms with van der Waals surface area (Å²) in [5.41, 5.74) is 5.40. The summed E-state index contributed by atoms with van der Waals surface area (Å²) < 4.78 is 2.57. The molecule has 0 radical (unpaired) electrons. The Labute approximate surface area is 163 Å². The van der Waals surface area contributed by atoms with Crippen molar-refractivity contribution in [1.29, 1.82) is 0 Å². The normalized spacial score (nSPS) is 20.9. The molecule has 0 aliphatic carbocycles. The van der Waals surface area contributed by atoms with Crippen LogP contribution in [0.5, 0.6) is 0 Å². The molecule has 7 rings (SSSR count). The van der Waals surface area contributed by atoms with Gasteiger partial charge in [0.25, 0.3) is 0 Å². The lowest BCUT2D eigenvalue weighted by Gasteiger charge is -2.31. The summed E-state index contributed by atoms with van der Waals surface area (Å²) >= 11 is 0. The molecule has 28 heavy (non-hydrogen) atoms. The van der Waals surface area contributed by atoms with Gasteiger partial charge in [0.15, 0.2) is 0 Å². The highest BCUT2D eigenvalue weighted by molar-refractivity contribution is 5.98. The molecule has 3 aromatic carbocycles. The van der Waals surface area contributed by atoms with Gasteiger partial charge in [-0.1, -0.05) is 72.8 Å². The second-order valence-corrected chi connectivity index (χ2v) is 7.77. The number of anilines is 2. The zero-order valence-corrected chi connectivity index (χ0v) is 15.3. The minimum absolute atomic E-state index is 0.295. The summed E-state index contributed by atoms with van der Waals surface area (Å²) in [6, 6.07) is 29.2. The third-order valence-electron chi connectivity index (χ3n) is 6.46. The fourth-order valence-electron chi connectivity index (χ4n) is 5.47. The first-order valence-corrected chi connectivity index (χ1v) is 9.89. The van der Waals surface area contributed by atoms with E-state index < -0.39 is 0 Å². The van der Waals surface area contributed by atoms with Gasteiger partial charge in [0.1, 0.15) is 0 Å². The van der Waals surface area contributed by atoms with Gasteiger partial charge in [0.2, 0.25) is 0 Å². The van der Waals surface area contributed by atoms with Gasteiger partial charge < -0.3 is 9.47 Å². The Hall–Kier alpha value is -3.52. The summed E-state index contributed by atoms with van der Waals surface area (Å²) in [6.07, 6.45) is 6.88. The molecule has 132 valence electrons. The molecule has 0 fully saturated rings. The standard InChI is InChI=1S/C26H18N2/c1-2-9-17(10-3-1)27-22-14-7-6-13-20(22)24-25-19-12-5-4-11-18(19)21-15-8-16-23(26(24)27)28(21)25/h1-16,23,26H. The zero-order valence-electron chi connectivity index (χ0n) is 15.3. The smallest absolute Gasteiger partial charge is 0.0862 e. The molecule has 0 bridgehead atoms. The van der Waals surface area contributed by atoms with Crippen molar-refractivity contribution in [2.45, 2.75) is 12.1 Å². The summed E-state index contributed by atoms with van der Waals surface area (Å²) in [4.78, 5) is 2.54. The van der Waals surface area contributed by atoms with Crippen LogP contribution in [0.1, 0.15) is 11.6 Å². The van der Waals surface area contributed by atoms with Crippen LogP contribution in [0.4, 0.5) is 11.4 Å². The third kappa shape index (κ3) is 1.60. The number of nitrogens with zero attached hydrogens (tertiary/aromatic N) is 2. The largest absolute Gasteiger partial charge is 0.331 e. The van der Waals surface area contributed by atoms with Gasteiger partial charge in [-0.15, -0.1) is 0 Å². The molecule has 3 aliphatic rings. The van der Waals surface area contributed by atoms with Gasteiger partial charge in [-0.2, -0.15) is 0 Å². The van der Waals surface area contributed by atoms with Crippen LogP contribution in [-0.4, -0.2) is 10.6 Å². The van der Waals surface area contributed by atoms with Crippen molar-refractivity contribution < 1.29 is 0 Å². The molecule has 0 spiro atoms. The first kappa shape index (κ1) is 14.5. The monoisotopic (exact) mass is 358 g/mol. The second kappa shape index (κ2) is 5.05. The molecule has 0 N–H and O–H groups in total. The van der Waals surface area contributed by atoms with Crippen LogP contribution in [0.25, 0.3) is 22.4 Å². The SMILES string of the molecule is C1=CC2C3C(=c4c5ccccc5c(n42)=C1)c1ccccc1N3c1ccccc1. The highest BCUT2D eigenvalue weighted by atomic mass is 15.3. The van der Waals surface area contributed by atoms with E-state index in [0.29, 0.717) is 12.1 Å². The van der Waals surface area contributed by atoms with Crippen LogP contribution >= 0.6 is 0 Å². The predicted octanol–water partition coefficient (Wildman–Crippen LogP) is 4.27. The molecule has 4 heterocycles. The quantitative estimate of drug-likeness (QED) is 0.493. The lowest BCUT2D eigenvalue weighted by molar-refractivity contribution is 0.564. The fourth-order valence-corrected chi connectivity index (χ4v) is 5.47. The van der Waals surface area contributed by atoms with E-state index in [1.807, 2.05) is 0 Å². The Kier molecular flexibility index (Phi) is 2.62. The maximum Gasteiger partial charge on any atom is 0.0862 e. The molecule has 4 aromatic rings. The highest BCUT2D eigenvalue weighted by Gasteiger charge is 2.45. The van der Waals surface area contributed by atoms with Crippen LogP contribution in [0.15, 0.2) is 91.0 Å². The van der Waals surface area contributed by atoms with Gasteiger partial charge in [0.05, 0.1) is 17.4 Å². The molecule has 0 saturated carbocycles. The minimum atomic E-state index is 0.295. The molecular weight excluding hydrogens is 340 g/mol. The van der Waals surface area contributed by atoms with E-state index in [-0.39, 0.29) is 0 Å². The number of hydrogen-bond acceptors (Lipinski definition) is 1. The Morgan fingerprint density at radius 1 is 0.714 bits per heavy atom. The van der Waals surface area contributed by atoms with Crippen molar-refractivity contribution >= 4 is 33.8 Å². The number of para-hydroxylation sites is 2. The van der Waals surface area contributed by atoms with Crippen LogP contribution in [-0.2, 0) is 0 Å². The molecule has 3 aliphatic heterocycles. The first-order valence-electron chi connectivity index (χ1n) is 9.89. The third-order valence-corrected chi connectivity index (χ3v) is 6.46. The van der Waals surface area contributed by atoms with Crippen molar-refractivity contribution in [1.82, 2.24) is 4.57 Å². The number of rotatable bonds is 1. The summed E-state index contributed by atoms with van der Waals surface area (Å²) in [5.74, 6) is 0. The Balaban J connectivity index is 1.67. The number of benzene rings is 3. The van der Waals surface area contributed by atoms with Gasteiger partial charge in [-0.05, 0) is 24.3 Å². The molecule has 2 heteroatoms. The van der Waals surface area contributed by atoms with Crippen LogP contribution in [0, 0.1) is 0 Å². The minimum Gasteiger partial charge on any atom is -0.331 e. The van der Waals surface area contributed by atoms with Crippen molar-refractivity contribution in [3.8, 4) is 0 Å². The lowest BCUT2D eigenvalue weighted by Crippen LogP contribution is -2.36. The van der Waals surface area contributed by atoms with Crippen molar-refractivity contribution in [2.24, 2.45) is 0 Å². The Morgan fingerprint density at radius 3 is 2.36 bits per heavy atom. The molecule has 2 atom stereocenters. The van der Waals surface area contributed by atoms with E-state index in [2.05, 4.69) is 107 Å². The van der Waals surface area contributed by atoms with Crippen molar-refractivity contribution in [3.05, 3.63) is 107 Å². The van der Waals surface area contributed by atoms with Crippen LogP contribution in [0.3, 0.4) is 0 Å². The average Bonchev–Trinajstić information content (AvgIpc) is 3.38. The van der Waals surface area contributed by atoms with Crippen LogP contribution in [0.2, 0.25) is 0 Å². The molecule has 0 saturated heterocycles. The molecular formula is C26H18N2. The van der Waals surface area contributed by atoms with Crippen molar-refractivity contribution in [2.75, 3.05) is 4.90 Å². The average molecular weight is 358 g/mol.